The van der Waals surface area contributed by atoms with Crippen molar-refractivity contribution >= 4 is 17.7 Å². The fraction of sp³-hybridized carbons (Fsp3) is 0.200. The lowest BCUT2D eigenvalue weighted by molar-refractivity contribution is -0.133. The third kappa shape index (κ3) is 2.65. The van der Waals surface area contributed by atoms with E-state index < -0.39 is 11.8 Å². The summed E-state index contributed by atoms with van der Waals surface area (Å²) in [7, 11) is 0. The summed E-state index contributed by atoms with van der Waals surface area (Å²) in [6.07, 6.45) is 0. The maximum atomic E-state index is 13.2. The molecule has 0 spiro atoms. The Balaban J connectivity index is 2.36. The molecule has 2 rings (SSSR count). The minimum atomic E-state index is -0.967. The molecule has 0 fully saturated rings. The Labute approximate surface area is 106 Å². The van der Waals surface area contributed by atoms with Crippen LogP contribution in [0.5, 0.6) is 0 Å². The number of aromatic nitrogens is 4. The monoisotopic (exact) mass is 268 g/mol. The molecule has 94 valence electrons. The number of halogens is 1. The lowest BCUT2D eigenvalue weighted by Gasteiger charge is -2.06. The van der Waals surface area contributed by atoms with Crippen LogP contribution >= 0.6 is 11.8 Å². The summed E-state index contributed by atoms with van der Waals surface area (Å²) in [5.74, 6) is -1.53. The SMILES string of the molecule is Cc1ccc(F)cc1-n1nnnc1SCC(=O)O. The number of hydrogen-bond acceptors (Lipinski definition) is 5. The van der Waals surface area contributed by atoms with Crippen molar-refractivity contribution in [3.63, 3.8) is 0 Å². The minimum Gasteiger partial charge on any atom is -0.481 e. The molecule has 0 aliphatic carbocycles. The Bertz CT molecular complexity index is 587. The summed E-state index contributed by atoms with van der Waals surface area (Å²) in [5.41, 5.74) is 1.29. The summed E-state index contributed by atoms with van der Waals surface area (Å²) < 4.78 is 14.5. The molecular weight excluding hydrogens is 259 g/mol. The first-order valence-corrected chi connectivity index (χ1v) is 5.96. The molecular formula is C10H9FN4O2S. The molecule has 2 aromatic rings. The number of carbonyl (C=O) groups is 1. The molecule has 0 amide bonds. The number of hydrogen-bond donors (Lipinski definition) is 1. The summed E-state index contributed by atoms with van der Waals surface area (Å²) in [6, 6.07) is 4.25. The van der Waals surface area contributed by atoms with E-state index in [1.165, 1.54) is 16.8 Å². The fourth-order valence-electron chi connectivity index (χ4n) is 1.36. The third-order valence-corrected chi connectivity index (χ3v) is 3.07. The zero-order valence-corrected chi connectivity index (χ0v) is 10.2. The van der Waals surface area contributed by atoms with Gasteiger partial charge in [-0.25, -0.2) is 4.39 Å². The maximum Gasteiger partial charge on any atom is 0.313 e. The Kier molecular flexibility index (Phi) is 3.56. The standard InChI is InChI=1S/C10H9FN4O2S/c1-6-2-3-7(11)4-8(6)15-10(12-13-14-15)18-5-9(16)17/h2-4H,5H2,1H3,(H,16,17). The predicted molar refractivity (Wildman–Crippen MR) is 62.2 cm³/mol. The zero-order valence-electron chi connectivity index (χ0n) is 9.37. The molecule has 8 heteroatoms. The zero-order chi connectivity index (χ0) is 13.1. The third-order valence-electron chi connectivity index (χ3n) is 2.17. The van der Waals surface area contributed by atoms with Crippen LogP contribution in [-0.2, 0) is 4.79 Å². The topological polar surface area (TPSA) is 80.9 Å². The number of thioether (sulfide) groups is 1. The highest BCUT2D eigenvalue weighted by atomic mass is 32.2. The Morgan fingerprint density at radius 2 is 2.33 bits per heavy atom. The van der Waals surface area contributed by atoms with Crippen LogP contribution in [0.15, 0.2) is 23.4 Å². The van der Waals surface area contributed by atoms with Crippen molar-refractivity contribution in [2.45, 2.75) is 12.1 Å². The molecule has 0 unspecified atom stereocenters. The molecule has 0 aliphatic heterocycles. The van der Waals surface area contributed by atoms with E-state index in [9.17, 15) is 9.18 Å². The molecule has 6 nitrogen and oxygen atoms in total. The highest BCUT2D eigenvalue weighted by Gasteiger charge is 2.13. The molecule has 1 aromatic carbocycles. The molecule has 0 atom stereocenters. The largest absolute Gasteiger partial charge is 0.481 e. The molecule has 0 saturated carbocycles. The van der Waals surface area contributed by atoms with E-state index >= 15 is 0 Å². The highest BCUT2D eigenvalue weighted by Crippen LogP contribution is 2.21. The molecule has 1 aromatic heterocycles. The van der Waals surface area contributed by atoms with Crippen LogP contribution in [0.1, 0.15) is 5.56 Å². The van der Waals surface area contributed by atoms with Gasteiger partial charge < -0.3 is 5.11 Å². The van der Waals surface area contributed by atoms with E-state index in [1.54, 1.807) is 13.0 Å². The molecule has 0 aliphatic rings. The second-order valence-electron chi connectivity index (χ2n) is 3.49. The molecule has 18 heavy (non-hydrogen) atoms. The molecule has 0 bridgehead atoms. The highest BCUT2D eigenvalue weighted by molar-refractivity contribution is 7.99. The van der Waals surface area contributed by atoms with Gasteiger partial charge in [-0.1, -0.05) is 17.8 Å². The number of aryl methyl sites for hydroxylation is 1. The average molecular weight is 268 g/mol. The lowest BCUT2D eigenvalue weighted by Crippen LogP contribution is -2.04. The van der Waals surface area contributed by atoms with Crippen molar-refractivity contribution in [2.75, 3.05) is 5.75 Å². The number of carboxylic acid groups (broad SMARTS) is 1. The number of tetrazole rings is 1. The van der Waals surface area contributed by atoms with Crippen LogP contribution in [0, 0.1) is 12.7 Å². The predicted octanol–water partition coefficient (Wildman–Crippen LogP) is 1.29. The van der Waals surface area contributed by atoms with Gasteiger partial charge in [0.2, 0.25) is 5.16 Å². The number of aliphatic carboxylic acids is 1. The second kappa shape index (κ2) is 5.13. The molecule has 0 saturated heterocycles. The van der Waals surface area contributed by atoms with Crippen LogP contribution in [-0.4, -0.2) is 37.0 Å². The van der Waals surface area contributed by atoms with Crippen molar-refractivity contribution in [2.24, 2.45) is 0 Å². The van der Waals surface area contributed by atoms with E-state index in [0.29, 0.717) is 10.8 Å². The minimum absolute atomic E-state index is 0.158. The van der Waals surface area contributed by atoms with Crippen molar-refractivity contribution < 1.29 is 14.3 Å². The van der Waals surface area contributed by atoms with Crippen LogP contribution < -0.4 is 0 Å². The quantitative estimate of drug-likeness (QED) is 0.841. The van der Waals surface area contributed by atoms with Gasteiger partial charge in [-0.2, -0.15) is 4.68 Å². The van der Waals surface area contributed by atoms with Crippen LogP contribution in [0.2, 0.25) is 0 Å². The molecule has 0 radical (unpaired) electrons. The van der Waals surface area contributed by atoms with Gasteiger partial charge in [0, 0.05) is 0 Å². The van der Waals surface area contributed by atoms with Crippen molar-refractivity contribution in [3.8, 4) is 5.69 Å². The van der Waals surface area contributed by atoms with Crippen molar-refractivity contribution in [1.29, 1.82) is 0 Å². The van der Waals surface area contributed by atoms with E-state index in [1.807, 2.05) is 0 Å². The number of rotatable bonds is 4. The van der Waals surface area contributed by atoms with Crippen molar-refractivity contribution in [3.05, 3.63) is 29.6 Å². The van der Waals surface area contributed by atoms with Gasteiger partial charge in [-0.15, -0.1) is 5.10 Å². The number of nitrogens with zero attached hydrogens (tertiary/aromatic N) is 4. The van der Waals surface area contributed by atoms with Gasteiger partial charge in [-0.05, 0) is 35.0 Å². The average Bonchev–Trinajstić information content (AvgIpc) is 2.77. The van der Waals surface area contributed by atoms with Gasteiger partial charge in [0.15, 0.2) is 0 Å². The maximum absolute atomic E-state index is 13.2. The van der Waals surface area contributed by atoms with Crippen molar-refractivity contribution in [1.82, 2.24) is 20.2 Å². The first-order valence-electron chi connectivity index (χ1n) is 4.97. The first-order chi connectivity index (χ1) is 8.58. The first kappa shape index (κ1) is 12.5. The summed E-state index contributed by atoms with van der Waals surface area (Å²) >= 11 is 0.976. The van der Waals surface area contributed by atoms with Gasteiger partial charge in [0.1, 0.15) is 5.82 Å². The Morgan fingerprint density at radius 3 is 3.06 bits per heavy atom. The fourth-order valence-corrected chi connectivity index (χ4v) is 1.96. The Morgan fingerprint density at radius 1 is 1.56 bits per heavy atom. The van der Waals surface area contributed by atoms with Gasteiger partial charge in [0.05, 0.1) is 11.4 Å². The smallest absolute Gasteiger partial charge is 0.313 e. The van der Waals surface area contributed by atoms with Crippen LogP contribution in [0.4, 0.5) is 4.39 Å². The number of benzene rings is 1. The van der Waals surface area contributed by atoms with E-state index in [4.69, 9.17) is 5.11 Å². The number of carboxylic acids is 1. The van der Waals surface area contributed by atoms with Gasteiger partial charge in [-0.3, -0.25) is 4.79 Å². The van der Waals surface area contributed by atoms with E-state index in [-0.39, 0.29) is 5.75 Å². The molecule has 1 N–H and O–H groups in total. The van der Waals surface area contributed by atoms with Gasteiger partial charge in [0.25, 0.3) is 0 Å². The normalized spacial score (nSPS) is 10.6. The summed E-state index contributed by atoms with van der Waals surface area (Å²) in [6.45, 7) is 1.79. The van der Waals surface area contributed by atoms with Gasteiger partial charge >= 0.3 is 5.97 Å². The second-order valence-corrected chi connectivity index (χ2v) is 4.43. The summed E-state index contributed by atoms with van der Waals surface area (Å²) in [5, 5.41) is 19.9. The molecule has 1 heterocycles. The summed E-state index contributed by atoms with van der Waals surface area (Å²) in [4.78, 5) is 10.5. The Hall–Kier alpha value is -1.96. The lowest BCUT2D eigenvalue weighted by atomic mass is 10.2. The van der Waals surface area contributed by atoms with E-state index in [0.717, 1.165) is 17.3 Å². The van der Waals surface area contributed by atoms with Crippen LogP contribution in [0.25, 0.3) is 5.69 Å². The van der Waals surface area contributed by atoms with Crippen LogP contribution in [0.3, 0.4) is 0 Å². The van der Waals surface area contributed by atoms with E-state index in [2.05, 4.69) is 15.5 Å².